The molecule has 1 heterocycles. The third kappa shape index (κ3) is 6.64. The van der Waals surface area contributed by atoms with Gasteiger partial charge in [0.25, 0.3) is 11.6 Å². The summed E-state index contributed by atoms with van der Waals surface area (Å²) >= 11 is 2.06. The molecule has 0 aliphatic heterocycles. The summed E-state index contributed by atoms with van der Waals surface area (Å²) in [5, 5.41) is 18.1. The van der Waals surface area contributed by atoms with E-state index in [-0.39, 0.29) is 24.0 Å². The highest BCUT2D eigenvalue weighted by atomic mass is 127. The monoisotopic (exact) mass is 628 g/mol. The number of amides is 2. The maximum absolute atomic E-state index is 12.5. The molecule has 0 aliphatic rings. The molecule has 0 saturated heterocycles. The minimum atomic E-state index is -0.621. The van der Waals surface area contributed by atoms with E-state index in [0.29, 0.717) is 43.9 Å². The second-order valence-corrected chi connectivity index (χ2v) is 8.92. The number of hydrogen-bond donors (Lipinski definition) is 2. The molecule has 11 nitrogen and oxygen atoms in total. The molecule has 0 radical (unpaired) electrons. The number of carbonyl (C=O) groups excluding carboxylic acids is 2. The van der Waals surface area contributed by atoms with Gasteiger partial charge in [0.15, 0.2) is 23.9 Å². The fourth-order valence-corrected chi connectivity index (χ4v) is 4.18. The number of nitrogens with zero attached hydrogens (tertiary/aromatic N) is 2. The molecule has 0 saturated carbocycles. The molecule has 4 rings (SSSR count). The van der Waals surface area contributed by atoms with Crippen LogP contribution in [0.2, 0.25) is 0 Å². The van der Waals surface area contributed by atoms with E-state index in [0.717, 1.165) is 0 Å². The lowest BCUT2D eigenvalue weighted by Crippen LogP contribution is -2.20. The molecule has 0 fully saturated rings. The molecule has 1 aromatic heterocycles. The van der Waals surface area contributed by atoms with Crippen molar-refractivity contribution in [3.05, 3.63) is 91.7 Å². The summed E-state index contributed by atoms with van der Waals surface area (Å²) in [4.78, 5) is 35.2. The van der Waals surface area contributed by atoms with E-state index >= 15 is 0 Å². The number of para-hydroxylation sites is 1. The normalized spacial score (nSPS) is 10.9. The maximum atomic E-state index is 12.5. The second-order valence-electron chi connectivity index (χ2n) is 7.75. The van der Waals surface area contributed by atoms with Gasteiger partial charge in [0.2, 0.25) is 0 Å². The SMILES string of the molecule is CCOc1cc(/C=N\NC(=O)c2cc3cc([N+](=O)[O-])ccc3o2)cc(I)c1OCC(=O)Nc1ccccc1. The van der Waals surface area contributed by atoms with Crippen molar-refractivity contribution < 1.29 is 28.4 Å². The number of carbonyl (C=O) groups is 2. The van der Waals surface area contributed by atoms with Gasteiger partial charge in [-0.3, -0.25) is 19.7 Å². The Bertz CT molecular complexity index is 1520. The highest BCUT2D eigenvalue weighted by Crippen LogP contribution is 2.34. The molecular weight excluding hydrogens is 607 g/mol. The number of anilines is 1. The first-order valence-electron chi connectivity index (χ1n) is 11.3. The molecule has 0 unspecified atom stereocenters. The average molecular weight is 628 g/mol. The highest BCUT2D eigenvalue weighted by molar-refractivity contribution is 14.1. The number of hydrogen-bond acceptors (Lipinski definition) is 8. The van der Waals surface area contributed by atoms with Crippen molar-refractivity contribution in [2.75, 3.05) is 18.5 Å². The summed E-state index contributed by atoms with van der Waals surface area (Å²) in [5.74, 6) is -0.154. The molecule has 2 amide bonds. The van der Waals surface area contributed by atoms with Gasteiger partial charge in [-0.15, -0.1) is 0 Å². The quantitative estimate of drug-likeness (QED) is 0.107. The van der Waals surface area contributed by atoms with Crippen LogP contribution in [-0.2, 0) is 4.79 Å². The number of halogens is 1. The Morgan fingerprint density at radius 3 is 2.63 bits per heavy atom. The molecule has 0 atom stereocenters. The van der Waals surface area contributed by atoms with Gasteiger partial charge in [0.1, 0.15) is 5.58 Å². The number of hydrazone groups is 1. The van der Waals surface area contributed by atoms with Crippen LogP contribution in [0.5, 0.6) is 11.5 Å². The van der Waals surface area contributed by atoms with Crippen molar-refractivity contribution >= 4 is 63.0 Å². The van der Waals surface area contributed by atoms with E-state index in [4.69, 9.17) is 13.9 Å². The lowest BCUT2D eigenvalue weighted by molar-refractivity contribution is -0.384. The Kier molecular flexibility index (Phi) is 8.53. The zero-order valence-electron chi connectivity index (χ0n) is 20.0. The zero-order valence-corrected chi connectivity index (χ0v) is 22.1. The third-order valence-electron chi connectivity index (χ3n) is 5.05. The summed E-state index contributed by atoms with van der Waals surface area (Å²) in [6.07, 6.45) is 1.42. The Labute approximate surface area is 230 Å². The van der Waals surface area contributed by atoms with Gasteiger partial charge in [-0.05, 0) is 71.5 Å². The molecule has 0 bridgehead atoms. The van der Waals surface area contributed by atoms with Crippen molar-refractivity contribution in [1.29, 1.82) is 0 Å². The number of furan rings is 1. The van der Waals surface area contributed by atoms with Crippen LogP contribution in [0, 0.1) is 13.7 Å². The smallest absolute Gasteiger partial charge is 0.307 e. The number of nitro benzene ring substituents is 1. The lowest BCUT2D eigenvalue weighted by atomic mass is 10.2. The maximum Gasteiger partial charge on any atom is 0.307 e. The van der Waals surface area contributed by atoms with Crippen LogP contribution in [0.25, 0.3) is 11.0 Å². The van der Waals surface area contributed by atoms with E-state index in [9.17, 15) is 19.7 Å². The molecule has 194 valence electrons. The first-order valence-corrected chi connectivity index (χ1v) is 12.4. The summed E-state index contributed by atoms with van der Waals surface area (Å²) in [5.41, 5.74) is 3.88. The number of ether oxygens (including phenoxy) is 2. The molecule has 38 heavy (non-hydrogen) atoms. The van der Waals surface area contributed by atoms with E-state index in [1.54, 1.807) is 24.3 Å². The zero-order chi connectivity index (χ0) is 27.1. The fourth-order valence-electron chi connectivity index (χ4n) is 3.40. The summed E-state index contributed by atoms with van der Waals surface area (Å²) < 4.78 is 17.6. The van der Waals surface area contributed by atoms with Gasteiger partial charge in [-0.2, -0.15) is 5.10 Å². The molecule has 0 spiro atoms. The summed E-state index contributed by atoms with van der Waals surface area (Å²) in [7, 11) is 0. The highest BCUT2D eigenvalue weighted by Gasteiger charge is 2.16. The van der Waals surface area contributed by atoms with Crippen LogP contribution in [0.4, 0.5) is 11.4 Å². The largest absolute Gasteiger partial charge is 0.490 e. The number of nitrogens with one attached hydrogen (secondary N) is 2. The Hall–Kier alpha value is -4.46. The van der Waals surface area contributed by atoms with Crippen molar-refractivity contribution in [3.63, 3.8) is 0 Å². The molecule has 3 aromatic carbocycles. The van der Waals surface area contributed by atoms with Crippen LogP contribution in [0.3, 0.4) is 0 Å². The minimum Gasteiger partial charge on any atom is -0.490 e. The third-order valence-corrected chi connectivity index (χ3v) is 5.85. The van der Waals surface area contributed by atoms with Gasteiger partial charge in [0, 0.05) is 23.2 Å². The number of benzene rings is 3. The van der Waals surface area contributed by atoms with Crippen LogP contribution >= 0.6 is 22.6 Å². The van der Waals surface area contributed by atoms with E-state index in [2.05, 4.69) is 38.4 Å². The van der Waals surface area contributed by atoms with Gasteiger partial charge >= 0.3 is 5.91 Å². The van der Waals surface area contributed by atoms with E-state index in [1.165, 1.54) is 30.5 Å². The predicted molar refractivity (Wildman–Crippen MR) is 149 cm³/mol. The standard InChI is InChI=1S/C26H21IN4O7/c1-2-36-22-11-16(10-20(27)25(22)37-15-24(32)29-18-6-4-3-5-7-18)14-28-30-26(33)23-13-17-12-19(31(34)35)8-9-21(17)38-23/h3-14H,2,15H2,1H3,(H,29,32)(H,30,33)/b28-14-. The van der Waals surface area contributed by atoms with Crippen LogP contribution in [-0.4, -0.2) is 36.2 Å². The second kappa shape index (κ2) is 12.2. The molecule has 2 N–H and O–H groups in total. The van der Waals surface area contributed by atoms with E-state index < -0.39 is 10.8 Å². The Balaban J connectivity index is 1.42. The first kappa shape index (κ1) is 26.6. The van der Waals surface area contributed by atoms with Gasteiger partial charge < -0.3 is 19.2 Å². The fraction of sp³-hybridized carbons (Fsp3) is 0.115. The summed E-state index contributed by atoms with van der Waals surface area (Å²) in [6, 6.07) is 17.9. The molecule has 4 aromatic rings. The number of rotatable bonds is 10. The first-order chi connectivity index (χ1) is 18.3. The van der Waals surface area contributed by atoms with Gasteiger partial charge in [0.05, 0.1) is 21.3 Å². The molecular formula is C26H21IN4O7. The topological polar surface area (TPSA) is 145 Å². The Morgan fingerprint density at radius 2 is 1.89 bits per heavy atom. The number of fused-ring (bicyclic) bond motifs is 1. The van der Waals surface area contributed by atoms with Crippen LogP contribution < -0.4 is 20.2 Å². The van der Waals surface area contributed by atoms with Crippen molar-refractivity contribution in [1.82, 2.24) is 5.43 Å². The van der Waals surface area contributed by atoms with Crippen molar-refractivity contribution in [2.45, 2.75) is 6.92 Å². The predicted octanol–water partition coefficient (Wildman–Crippen LogP) is 5.13. The Morgan fingerprint density at radius 1 is 1.11 bits per heavy atom. The van der Waals surface area contributed by atoms with Crippen LogP contribution in [0.1, 0.15) is 23.0 Å². The van der Waals surface area contributed by atoms with Crippen molar-refractivity contribution in [2.24, 2.45) is 5.10 Å². The van der Waals surface area contributed by atoms with E-state index in [1.807, 2.05) is 25.1 Å². The van der Waals surface area contributed by atoms with Crippen molar-refractivity contribution in [3.8, 4) is 11.5 Å². The number of non-ortho nitro benzene ring substituents is 1. The van der Waals surface area contributed by atoms with Gasteiger partial charge in [-0.1, -0.05) is 18.2 Å². The van der Waals surface area contributed by atoms with Gasteiger partial charge in [-0.25, -0.2) is 5.43 Å². The average Bonchev–Trinajstić information content (AvgIpc) is 3.33. The minimum absolute atomic E-state index is 0.0419. The molecule has 12 heteroatoms. The van der Waals surface area contributed by atoms with Crippen LogP contribution in [0.15, 0.2) is 76.2 Å². The summed E-state index contributed by atoms with van der Waals surface area (Å²) in [6.45, 7) is 1.97. The lowest BCUT2D eigenvalue weighted by Gasteiger charge is -2.14. The number of nitro groups is 1. The molecule has 0 aliphatic carbocycles.